The summed E-state index contributed by atoms with van der Waals surface area (Å²) in [6, 6.07) is 5.53. The molecule has 0 saturated heterocycles. The number of hydrogen-bond donors (Lipinski definition) is 2. The summed E-state index contributed by atoms with van der Waals surface area (Å²) in [6.07, 6.45) is 1.46. The normalized spacial score (nSPS) is 11.0. The molecule has 0 spiro atoms. The minimum atomic E-state index is -0.890. The number of carboxylic acid groups (broad SMARTS) is 1. The monoisotopic (exact) mass is 257 g/mol. The molecule has 2 N–H and O–H groups in total. The number of hydrogen-bond acceptors (Lipinski definition) is 4. The highest BCUT2D eigenvalue weighted by molar-refractivity contribution is 5.81. The van der Waals surface area contributed by atoms with Crippen LogP contribution < -0.4 is 0 Å². The van der Waals surface area contributed by atoms with Gasteiger partial charge in [-0.05, 0) is 12.1 Å². The molecule has 0 bridgehead atoms. The second kappa shape index (κ2) is 4.24. The molecule has 19 heavy (non-hydrogen) atoms. The summed E-state index contributed by atoms with van der Waals surface area (Å²) in [5, 5.41) is 15.6. The van der Waals surface area contributed by atoms with Crippen LogP contribution in [0.5, 0.6) is 0 Å². The Bertz CT molecular complexity index is 757. The molecule has 0 saturated carbocycles. The average molecular weight is 257 g/mol. The molecule has 6 nitrogen and oxygen atoms in total. The van der Waals surface area contributed by atoms with Crippen molar-refractivity contribution >= 4 is 17.1 Å². The molecule has 3 rings (SSSR count). The molecular weight excluding hydrogens is 246 g/mol. The van der Waals surface area contributed by atoms with Gasteiger partial charge in [0.2, 0.25) is 0 Å². The van der Waals surface area contributed by atoms with E-state index in [0.29, 0.717) is 22.7 Å². The fourth-order valence-electron chi connectivity index (χ4n) is 2.05. The zero-order valence-electron chi connectivity index (χ0n) is 10.2. The first kappa shape index (κ1) is 11.5. The number of nitrogens with zero attached hydrogens (tertiary/aromatic N) is 2. The van der Waals surface area contributed by atoms with Crippen LogP contribution in [-0.4, -0.2) is 26.3 Å². The highest BCUT2D eigenvalue weighted by Gasteiger charge is 2.12. The summed E-state index contributed by atoms with van der Waals surface area (Å²) in [5.74, 6) is -0.290. The van der Waals surface area contributed by atoms with Crippen molar-refractivity contribution in [2.24, 2.45) is 0 Å². The minimum Gasteiger partial charge on any atom is -0.481 e. The van der Waals surface area contributed by atoms with Crippen LogP contribution in [0.4, 0.5) is 0 Å². The first-order valence-corrected chi connectivity index (χ1v) is 5.75. The smallest absolute Gasteiger partial charge is 0.307 e. The van der Waals surface area contributed by atoms with Gasteiger partial charge in [-0.1, -0.05) is 6.07 Å². The van der Waals surface area contributed by atoms with Gasteiger partial charge in [-0.2, -0.15) is 5.10 Å². The van der Waals surface area contributed by atoms with Crippen LogP contribution in [0.1, 0.15) is 11.5 Å². The number of aliphatic carboxylic acids is 1. The molecule has 2 aromatic heterocycles. The van der Waals surface area contributed by atoms with Crippen LogP contribution in [0.3, 0.4) is 0 Å². The molecule has 0 aliphatic heterocycles. The van der Waals surface area contributed by atoms with E-state index in [1.165, 1.54) is 6.20 Å². The highest BCUT2D eigenvalue weighted by atomic mass is 16.4. The first-order valence-electron chi connectivity index (χ1n) is 5.75. The van der Waals surface area contributed by atoms with Crippen LogP contribution in [0.15, 0.2) is 28.8 Å². The maximum atomic E-state index is 10.8. The Morgan fingerprint density at radius 2 is 2.32 bits per heavy atom. The SMILES string of the molecule is Cc1nc2ccc(-c3[nH]ncc3CC(=O)O)cc2o1. The third-order valence-electron chi connectivity index (χ3n) is 2.84. The van der Waals surface area contributed by atoms with Gasteiger partial charge >= 0.3 is 5.97 Å². The molecule has 3 aromatic rings. The average Bonchev–Trinajstić information content (AvgIpc) is 2.92. The summed E-state index contributed by atoms with van der Waals surface area (Å²) in [4.78, 5) is 15.0. The maximum absolute atomic E-state index is 10.8. The topological polar surface area (TPSA) is 92.0 Å². The van der Waals surface area contributed by atoms with E-state index in [2.05, 4.69) is 15.2 Å². The molecule has 0 amide bonds. The zero-order valence-corrected chi connectivity index (χ0v) is 10.2. The number of aromatic amines is 1. The van der Waals surface area contributed by atoms with Gasteiger partial charge in [-0.3, -0.25) is 9.89 Å². The van der Waals surface area contributed by atoms with Gasteiger partial charge in [0, 0.05) is 18.1 Å². The Morgan fingerprint density at radius 1 is 1.47 bits per heavy atom. The number of fused-ring (bicyclic) bond motifs is 1. The Kier molecular flexibility index (Phi) is 2.56. The second-order valence-electron chi connectivity index (χ2n) is 4.26. The molecule has 2 heterocycles. The van der Waals surface area contributed by atoms with Crippen molar-refractivity contribution in [3.63, 3.8) is 0 Å². The molecule has 1 aromatic carbocycles. The van der Waals surface area contributed by atoms with E-state index in [0.717, 1.165) is 11.1 Å². The largest absolute Gasteiger partial charge is 0.481 e. The molecular formula is C13H11N3O3. The standard InChI is InChI=1S/C13H11N3O3/c1-7-15-10-3-2-8(4-11(10)19-7)13-9(5-12(17)18)6-14-16-13/h2-4,6H,5H2,1H3,(H,14,16)(H,17,18). The molecule has 96 valence electrons. The lowest BCUT2D eigenvalue weighted by Crippen LogP contribution is -2.00. The van der Waals surface area contributed by atoms with Gasteiger partial charge in [0.1, 0.15) is 5.52 Å². The molecule has 0 unspecified atom stereocenters. The summed E-state index contributed by atoms with van der Waals surface area (Å²) < 4.78 is 5.47. The van der Waals surface area contributed by atoms with E-state index in [1.54, 1.807) is 6.92 Å². The van der Waals surface area contributed by atoms with Crippen LogP contribution in [-0.2, 0) is 11.2 Å². The van der Waals surface area contributed by atoms with Crippen molar-refractivity contribution in [1.29, 1.82) is 0 Å². The van der Waals surface area contributed by atoms with Crippen molar-refractivity contribution in [3.05, 3.63) is 35.9 Å². The fourth-order valence-corrected chi connectivity index (χ4v) is 2.05. The minimum absolute atomic E-state index is 0.0701. The number of nitrogens with one attached hydrogen (secondary N) is 1. The first-order chi connectivity index (χ1) is 9.13. The number of aryl methyl sites for hydroxylation is 1. The summed E-state index contributed by atoms with van der Waals surface area (Å²) in [5.41, 5.74) is 3.62. The fraction of sp³-hybridized carbons (Fsp3) is 0.154. The van der Waals surface area contributed by atoms with Crippen LogP contribution in [0.25, 0.3) is 22.4 Å². The van der Waals surface area contributed by atoms with Crippen LogP contribution in [0.2, 0.25) is 0 Å². The van der Waals surface area contributed by atoms with Gasteiger partial charge in [-0.25, -0.2) is 4.98 Å². The lowest BCUT2D eigenvalue weighted by Gasteiger charge is -2.00. The lowest BCUT2D eigenvalue weighted by molar-refractivity contribution is -0.136. The van der Waals surface area contributed by atoms with E-state index >= 15 is 0 Å². The molecule has 0 atom stereocenters. The number of aromatic nitrogens is 3. The Morgan fingerprint density at radius 3 is 3.11 bits per heavy atom. The number of rotatable bonds is 3. The van der Waals surface area contributed by atoms with Gasteiger partial charge in [0.25, 0.3) is 0 Å². The third-order valence-corrected chi connectivity index (χ3v) is 2.84. The Balaban J connectivity index is 2.08. The number of carbonyl (C=O) groups is 1. The number of carboxylic acids is 1. The van der Waals surface area contributed by atoms with Crippen LogP contribution in [0, 0.1) is 6.92 Å². The predicted octanol–water partition coefficient (Wildman–Crippen LogP) is 2.15. The molecule has 0 aliphatic carbocycles. The van der Waals surface area contributed by atoms with Gasteiger partial charge in [0.15, 0.2) is 11.5 Å². The maximum Gasteiger partial charge on any atom is 0.307 e. The van der Waals surface area contributed by atoms with Gasteiger partial charge < -0.3 is 9.52 Å². The second-order valence-corrected chi connectivity index (χ2v) is 4.26. The van der Waals surface area contributed by atoms with Gasteiger partial charge in [-0.15, -0.1) is 0 Å². The van der Waals surface area contributed by atoms with E-state index in [9.17, 15) is 4.79 Å². The van der Waals surface area contributed by atoms with E-state index in [4.69, 9.17) is 9.52 Å². The number of benzene rings is 1. The zero-order chi connectivity index (χ0) is 13.4. The van der Waals surface area contributed by atoms with E-state index < -0.39 is 5.97 Å². The van der Waals surface area contributed by atoms with Crippen molar-refractivity contribution in [1.82, 2.24) is 15.2 Å². The Labute approximate surface area is 108 Å². The quantitative estimate of drug-likeness (QED) is 0.750. The summed E-state index contributed by atoms with van der Waals surface area (Å²) in [7, 11) is 0. The van der Waals surface area contributed by atoms with E-state index in [-0.39, 0.29) is 6.42 Å². The predicted molar refractivity (Wildman–Crippen MR) is 67.7 cm³/mol. The van der Waals surface area contributed by atoms with Crippen LogP contribution >= 0.6 is 0 Å². The highest BCUT2D eigenvalue weighted by Crippen LogP contribution is 2.26. The third kappa shape index (κ3) is 2.08. The summed E-state index contributed by atoms with van der Waals surface area (Å²) >= 11 is 0. The number of oxazole rings is 1. The van der Waals surface area contributed by atoms with Crippen molar-refractivity contribution in [2.75, 3.05) is 0 Å². The molecule has 0 aliphatic rings. The van der Waals surface area contributed by atoms with Crippen molar-refractivity contribution in [3.8, 4) is 11.3 Å². The lowest BCUT2D eigenvalue weighted by atomic mass is 10.1. The summed E-state index contributed by atoms with van der Waals surface area (Å²) in [6.45, 7) is 1.78. The number of H-pyrrole nitrogens is 1. The van der Waals surface area contributed by atoms with E-state index in [1.807, 2.05) is 18.2 Å². The van der Waals surface area contributed by atoms with Crippen molar-refractivity contribution in [2.45, 2.75) is 13.3 Å². The molecule has 6 heteroatoms. The van der Waals surface area contributed by atoms with Crippen molar-refractivity contribution < 1.29 is 14.3 Å². The molecule has 0 radical (unpaired) electrons. The Hall–Kier alpha value is -2.63. The van der Waals surface area contributed by atoms with Gasteiger partial charge in [0.05, 0.1) is 18.3 Å². The molecule has 0 fully saturated rings.